The van der Waals surface area contributed by atoms with Gasteiger partial charge in [0.25, 0.3) is 0 Å². The molecule has 0 saturated heterocycles. The van der Waals surface area contributed by atoms with Gasteiger partial charge >= 0.3 is 0 Å². The average Bonchev–Trinajstić information content (AvgIpc) is 2.90. The van der Waals surface area contributed by atoms with Crippen LogP contribution in [0.4, 0.5) is 0 Å². The molecule has 0 atom stereocenters. The number of carbonyl (C=O) groups excluding carboxylic acids is 1. The maximum Gasteiger partial charge on any atom is 0.186 e. The molecule has 0 amide bonds. The molecule has 104 valence electrons. The number of hydrogen-bond donors (Lipinski definition) is 0. The SMILES string of the molecule is Cc1ccc(C(=O)/C=C/Sc2nc3ccccc3s2)cc1. The van der Waals surface area contributed by atoms with Crippen molar-refractivity contribution in [1.82, 2.24) is 4.98 Å². The van der Waals surface area contributed by atoms with Crippen LogP contribution in [0.15, 0.2) is 64.4 Å². The van der Waals surface area contributed by atoms with E-state index < -0.39 is 0 Å². The fourth-order valence-electron chi connectivity index (χ4n) is 1.87. The average molecular weight is 311 g/mol. The zero-order chi connectivity index (χ0) is 14.7. The molecule has 2 aromatic carbocycles. The van der Waals surface area contributed by atoms with E-state index in [0.29, 0.717) is 5.56 Å². The molecule has 0 unspecified atom stereocenters. The number of ketones is 1. The van der Waals surface area contributed by atoms with Gasteiger partial charge in [-0.25, -0.2) is 4.98 Å². The first-order valence-corrected chi connectivity index (χ1v) is 8.22. The van der Waals surface area contributed by atoms with Gasteiger partial charge in [-0.05, 0) is 30.5 Å². The zero-order valence-corrected chi connectivity index (χ0v) is 13.1. The van der Waals surface area contributed by atoms with Crippen LogP contribution in [0.3, 0.4) is 0 Å². The zero-order valence-electron chi connectivity index (χ0n) is 11.4. The third-order valence-electron chi connectivity index (χ3n) is 3.00. The van der Waals surface area contributed by atoms with Crippen LogP contribution < -0.4 is 0 Å². The molecule has 3 rings (SSSR count). The molecule has 0 fully saturated rings. The number of rotatable bonds is 4. The summed E-state index contributed by atoms with van der Waals surface area (Å²) in [5.41, 5.74) is 2.87. The fourth-order valence-corrected chi connectivity index (χ4v) is 3.65. The standard InChI is InChI=1S/C17H13NOS2/c1-12-6-8-13(9-7-12)15(19)10-11-20-17-18-14-4-2-3-5-16(14)21-17/h2-11H,1H3/b11-10+. The van der Waals surface area contributed by atoms with Crippen LogP contribution in [0.5, 0.6) is 0 Å². The van der Waals surface area contributed by atoms with Crippen LogP contribution in [-0.4, -0.2) is 10.8 Å². The summed E-state index contributed by atoms with van der Waals surface area (Å²) < 4.78 is 2.11. The van der Waals surface area contributed by atoms with Crippen LogP contribution >= 0.6 is 23.1 Å². The van der Waals surface area contributed by atoms with E-state index in [1.54, 1.807) is 22.8 Å². The molecule has 3 aromatic rings. The molecule has 0 N–H and O–H groups in total. The molecular formula is C17H13NOS2. The highest BCUT2D eigenvalue weighted by Crippen LogP contribution is 2.29. The second-order valence-electron chi connectivity index (χ2n) is 4.60. The summed E-state index contributed by atoms with van der Waals surface area (Å²) in [7, 11) is 0. The van der Waals surface area contributed by atoms with Crippen molar-refractivity contribution < 1.29 is 4.79 Å². The Balaban J connectivity index is 1.68. The summed E-state index contributed by atoms with van der Waals surface area (Å²) in [5.74, 6) is 0.0172. The van der Waals surface area contributed by atoms with Crippen molar-refractivity contribution >= 4 is 39.1 Å². The lowest BCUT2D eigenvalue weighted by Crippen LogP contribution is -1.93. The maximum absolute atomic E-state index is 12.0. The first-order chi connectivity index (χ1) is 10.2. The largest absolute Gasteiger partial charge is 0.289 e. The quantitative estimate of drug-likeness (QED) is 0.382. The number of benzene rings is 2. The molecule has 2 nitrogen and oxygen atoms in total. The normalized spacial score (nSPS) is 11.3. The number of nitrogens with zero attached hydrogens (tertiary/aromatic N) is 1. The lowest BCUT2D eigenvalue weighted by atomic mass is 10.1. The third kappa shape index (κ3) is 3.40. The van der Waals surface area contributed by atoms with Gasteiger partial charge in [0.2, 0.25) is 0 Å². The molecular weight excluding hydrogens is 298 g/mol. The Kier molecular flexibility index (Phi) is 4.18. The molecule has 1 heterocycles. The van der Waals surface area contributed by atoms with Gasteiger partial charge in [0.05, 0.1) is 10.2 Å². The van der Waals surface area contributed by atoms with Crippen molar-refractivity contribution in [2.45, 2.75) is 11.3 Å². The summed E-state index contributed by atoms with van der Waals surface area (Å²) in [4.78, 5) is 16.5. The first-order valence-electron chi connectivity index (χ1n) is 6.52. The first kappa shape index (κ1) is 14.0. The Morgan fingerprint density at radius 2 is 1.90 bits per heavy atom. The minimum Gasteiger partial charge on any atom is -0.289 e. The summed E-state index contributed by atoms with van der Waals surface area (Å²) >= 11 is 3.11. The highest BCUT2D eigenvalue weighted by molar-refractivity contribution is 8.03. The highest BCUT2D eigenvalue weighted by atomic mass is 32.2. The van der Waals surface area contributed by atoms with Crippen molar-refractivity contribution in [3.8, 4) is 0 Å². The highest BCUT2D eigenvalue weighted by Gasteiger charge is 2.03. The summed E-state index contributed by atoms with van der Waals surface area (Å²) in [6.07, 6.45) is 1.60. The van der Waals surface area contributed by atoms with E-state index in [1.165, 1.54) is 16.5 Å². The second kappa shape index (κ2) is 6.24. The number of allylic oxidation sites excluding steroid dienone is 1. The number of para-hydroxylation sites is 1. The van der Waals surface area contributed by atoms with E-state index in [4.69, 9.17) is 0 Å². The predicted octanol–water partition coefficient (Wildman–Crippen LogP) is 5.09. The number of aryl methyl sites for hydroxylation is 1. The van der Waals surface area contributed by atoms with Gasteiger partial charge in [0.15, 0.2) is 10.1 Å². The Bertz CT molecular complexity index is 770. The number of carbonyl (C=O) groups is 1. The monoisotopic (exact) mass is 311 g/mol. The van der Waals surface area contributed by atoms with Gasteiger partial charge < -0.3 is 0 Å². The van der Waals surface area contributed by atoms with Crippen LogP contribution in [0, 0.1) is 6.92 Å². The van der Waals surface area contributed by atoms with Crippen LogP contribution in [0.1, 0.15) is 15.9 Å². The smallest absolute Gasteiger partial charge is 0.186 e. The lowest BCUT2D eigenvalue weighted by Gasteiger charge is -1.96. The number of thiazole rings is 1. The minimum atomic E-state index is 0.0172. The van der Waals surface area contributed by atoms with E-state index in [0.717, 1.165) is 15.4 Å². The van der Waals surface area contributed by atoms with Crippen molar-refractivity contribution in [2.75, 3.05) is 0 Å². The number of aromatic nitrogens is 1. The molecule has 4 heteroatoms. The topological polar surface area (TPSA) is 30.0 Å². The maximum atomic E-state index is 12.0. The molecule has 0 aliphatic rings. The fraction of sp³-hybridized carbons (Fsp3) is 0.0588. The van der Waals surface area contributed by atoms with Gasteiger partial charge in [-0.2, -0.15) is 0 Å². The molecule has 21 heavy (non-hydrogen) atoms. The lowest BCUT2D eigenvalue weighted by molar-refractivity contribution is 0.104. The summed E-state index contributed by atoms with van der Waals surface area (Å²) in [5, 5.41) is 1.81. The van der Waals surface area contributed by atoms with Crippen molar-refractivity contribution in [3.63, 3.8) is 0 Å². The Morgan fingerprint density at radius 3 is 2.67 bits per heavy atom. The molecule has 0 saturated carbocycles. The predicted molar refractivity (Wildman–Crippen MR) is 90.1 cm³/mol. The number of hydrogen-bond acceptors (Lipinski definition) is 4. The minimum absolute atomic E-state index is 0.0172. The Hall–Kier alpha value is -1.91. The second-order valence-corrected chi connectivity index (χ2v) is 6.78. The molecule has 0 aliphatic carbocycles. The van der Waals surface area contributed by atoms with Crippen molar-refractivity contribution in [2.24, 2.45) is 0 Å². The molecule has 0 bridgehead atoms. The van der Waals surface area contributed by atoms with Gasteiger partial charge in [-0.15, -0.1) is 11.3 Å². The van der Waals surface area contributed by atoms with Crippen molar-refractivity contribution in [3.05, 3.63) is 71.1 Å². The van der Waals surface area contributed by atoms with Crippen LogP contribution in [-0.2, 0) is 0 Å². The van der Waals surface area contributed by atoms with Gasteiger partial charge in [-0.1, -0.05) is 53.7 Å². The van der Waals surface area contributed by atoms with Gasteiger partial charge in [0.1, 0.15) is 0 Å². The molecule has 0 spiro atoms. The van der Waals surface area contributed by atoms with Crippen LogP contribution in [0.2, 0.25) is 0 Å². The van der Waals surface area contributed by atoms with E-state index in [1.807, 2.05) is 49.4 Å². The number of fused-ring (bicyclic) bond motifs is 1. The number of thioether (sulfide) groups is 1. The van der Waals surface area contributed by atoms with E-state index in [2.05, 4.69) is 11.1 Å². The molecule has 1 aromatic heterocycles. The summed E-state index contributed by atoms with van der Waals surface area (Å²) in [6, 6.07) is 15.6. The Labute approximate surface area is 131 Å². The summed E-state index contributed by atoms with van der Waals surface area (Å²) in [6.45, 7) is 2.01. The van der Waals surface area contributed by atoms with E-state index in [-0.39, 0.29) is 5.78 Å². The van der Waals surface area contributed by atoms with E-state index in [9.17, 15) is 4.79 Å². The van der Waals surface area contributed by atoms with Crippen LogP contribution in [0.25, 0.3) is 10.2 Å². The van der Waals surface area contributed by atoms with Gasteiger partial charge in [0, 0.05) is 5.56 Å². The van der Waals surface area contributed by atoms with E-state index >= 15 is 0 Å². The Morgan fingerprint density at radius 1 is 1.14 bits per heavy atom. The van der Waals surface area contributed by atoms with Crippen molar-refractivity contribution in [1.29, 1.82) is 0 Å². The molecule has 0 radical (unpaired) electrons. The van der Waals surface area contributed by atoms with Gasteiger partial charge in [-0.3, -0.25) is 4.79 Å². The third-order valence-corrected chi connectivity index (χ3v) is 4.93. The molecule has 0 aliphatic heterocycles.